The molecule has 1 aliphatic rings. The molecule has 0 aromatic heterocycles. The van der Waals surface area contributed by atoms with E-state index < -0.39 is 0 Å². The molecule has 2 unspecified atom stereocenters. The van der Waals surface area contributed by atoms with E-state index in [0.29, 0.717) is 0 Å². The lowest BCUT2D eigenvalue weighted by atomic mass is 10.1. The molecule has 1 N–H and O–H groups in total. The van der Waals surface area contributed by atoms with E-state index in [0.717, 1.165) is 24.3 Å². The van der Waals surface area contributed by atoms with Gasteiger partial charge in [-0.25, -0.2) is 0 Å². The van der Waals surface area contributed by atoms with Crippen LogP contribution in [0.5, 0.6) is 0 Å². The topological polar surface area (TPSA) is 24.4 Å². The fourth-order valence-corrected chi connectivity index (χ4v) is 2.53. The average Bonchev–Trinajstić information content (AvgIpc) is 2.63. The van der Waals surface area contributed by atoms with Crippen molar-refractivity contribution >= 4 is 16.9 Å². The fourth-order valence-electron chi connectivity index (χ4n) is 1.39. The molecule has 2 nitrogen and oxygen atoms in total. The van der Waals surface area contributed by atoms with Crippen molar-refractivity contribution in [3.8, 4) is 0 Å². The molecule has 0 aliphatic carbocycles. The number of hydrogen-bond acceptors (Lipinski definition) is 3. The third kappa shape index (κ3) is 3.91. The summed E-state index contributed by atoms with van der Waals surface area (Å²) in [6.45, 7) is 8.83. The molecule has 2 atom stereocenters. The minimum absolute atomic E-state index is 0.736. The van der Waals surface area contributed by atoms with Gasteiger partial charge in [-0.1, -0.05) is 45.4 Å². The number of rotatable bonds is 5. The van der Waals surface area contributed by atoms with Crippen molar-refractivity contribution in [3.05, 3.63) is 0 Å². The average molecular weight is 214 g/mol. The molecule has 1 rings (SSSR count). The first kappa shape index (κ1) is 11.9. The lowest BCUT2D eigenvalue weighted by Crippen LogP contribution is -2.25. The Morgan fingerprint density at radius 3 is 3.00 bits per heavy atom. The predicted molar refractivity (Wildman–Crippen MR) is 66.0 cm³/mol. The highest BCUT2D eigenvalue weighted by atomic mass is 32.2. The summed E-state index contributed by atoms with van der Waals surface area (Å²) < 4.78 is 0. The van der Waals surface area contributed by atoms with Crippen LogP contribution < -0.4 is 5.32 Å². The van der Waals surface area contributed by atoms with Gasteiger partial charge in [-0.2, -0.15) is 0 Å². The van der Waals surface area contributed by atoms with Crippen molar-refractivity contribution in [2.45, 2.75) is 45.3 Å². The molecule has 3 heteroatoms. The third-order valence-electron chi connectivity index (χ3n) is 2.63. The number of nitrogens with zero attached hydrogens (tertiary/aromatic N) is 1. The van der Waals surface area contributed by atoms with Gasteiger partial charge in [-0.15, -0.1) is 0 Å². The van der Waals surface area contributed by atoms with E-state index in [1.807, 2.05) is 11.8 Å². The number of hydrogen-bond donors (Lipinski definition) is 1. The normalized spacial score (nSPS) is 23.4. The molecular weight excluding hydrogens is 192 g/mol. The van der Waals surface area contributed by atoms with Crippen LogP contribution in [-0.2, 0) is 0 Å². The minimum atomic E-state index is 0.736. The monoisotopic (exact) mass is 214 g/mol. The van der Waals surface area contributed by atoms with Gasteiger partial charge in [0.1, 0.15) is 0 Å². The van der Waals surface area contributed by atoms with E-state index in [4.69, 9.17) is 0 Å². The van der Waals surface area contributed by atoms with Crippen LogP contribution in [-0.4, -0.2) is 23.5 Å². The Morgan fingerprint density at radius 1 is 1.57 bits per heavy atom. The van der Waals surface area contributed by atoms with Crippen LogP contribution in [0.2, 0.25) is 0 Å². The van der Waals surface area contributed by atoms with Crippen molar-refractivity contribution in [1.82, 2.24) is 5.32 Å². The molecule has 0 saturated heterocycles. The Balaban J connectivity index is 2.15. The van der Waals surface area contributed by atoms with Gasteiger partial charge in [-0.05, 0) is 12.3 Å². The zero-order chi connectivity index (χ0) is 10.4. The van der Waals surface area contributed by atoms with Gasteiger partial charge >= 0.3 is 0 Å². The van der Waals surface area contributed by atoms with Crippen LogP contribution >= 0.6 is 11.8 Å². The standard InChI is InChI=1S/C11H22N2S/c1-4-6-10-8-13-11(14-10)12-7-9(3)5-2/h9-10H,4-8H2,1-3H3,(H,12,13). The van der Waals surface area contributed by atoms with Crippen LogP contribution in [0.15, 0.2) is 4.99 Å². The van der Waals surface area contributed by atoms with E-state index in [-0.39, 0.29) is 0 Å². The van der Waals surface area contributed by atoms with E-state index in [1.165, 1.54) is 24.4 Å². The maximum atomic E-state index is 4.51. The molecule has 0 bridgehead atoms. The fraction of sp³-hybridized carbons (Fsp3) is 0.909. The molecule has 0 amide bonds. The van der Waals surface area contributed by atoms with Crippen molar-refractivity contribution < 1.29 is 0 Å². The Labute approximate surface area is 92.0 Å². The minimum Gasteiger partial charge on any atom is -0.365 e. The predicted octanol–water partition coefficient (Wildman–Crippen LogP) is 2.89. The number of amidine groups is 1. The summed E-state index contributed by atoms with van der Waals surface area (Å²) in [5.41, 5.74) is 0. The largest absolute Gasteiger partial charge is 0.365 e. The van der Waals surface area contributed by atoms with E-state index in [2.05, 4.69) is 31.1 Å². The molecule has 0 fully saturated rings. The molecule has 0 aromatic carbocycles. The number of aliphatic imine (C=N–C) groups is 1. The number of thioether (sulfide) groups is 1. The SMILES string of the molecule is CCCC1CN=C(NCC(C)CC)S1. The van der Waals surface area contributed by atoms with Crippen LogP contribution in [0.1, 0.15) is 40.0 Å². The van der Waals surface area contributed by atoms with Crippen LogP contribution in [0.3, 0.4) is 0 Å². The highest BCUT2D eigenvalue weighted by molar-refractivity contribution is 8.14. The van der Waals surface area contributed by atoms with Crippen LogP contribution in [0.25, 0.3) is 0 Å². The Hall–Kier alpha value is -0.180. The van der Waals surface area contributed by atoms with E-state index >= 15 is 0 Å². The summed E-state index contributed by atoms with van der Waals surface area (Å²) in [5, 5.41) is 5.34. The van der Waals surface area contributed by atoms with Crippen LogP contribution in [0.4, 0.5) is 0 Å². The lowest BCUT2D eigenvalue weighted by molar-refractivity contribution is 0.550. The van der Waals surface area contributed by atoms with Gasteiger partial charge in [0.05, 0.1) is 6.54 Å². The number of nitrogens with one attached hydrogen (secondary N) is 1. The van der Waals surface area contributed by atoms with Crippen molar-refractivity contribution in [2.75, 3.05) is 13.1 Å². The van der Waals surface area contributed by atoms with Gasteiger partial charge in [0.25, 0.3) is 0 Å². The van der Waals surface area contributed by atoms with Gasteiger partial charge in [-0.3, -0.25) is 4.99 Å². The van der Waals surface area contributed by atoms with E-state index in [1.54, 1.807) is 0 Å². The second-order valence-electron chi connectivity index (χ2n) is 4.07. The summed E-state index contributed by atoms with van der Waals surface area (Å²) in [6, 6.07) is 0. The van der Waals surface area contributed by atoms with Gasteiger partial charge < -0.3 is 5.32 Å². The second-order valence-corrected chi connectivity index (χ2v) is 5.36. The zero-order valence-corrected chi connectivity index (χ0v) is 10.4. The summed E-state index contributed by atoms with van der Waals surface area (Å²) >= 11 is 1.93. The van der Waals surface area contributed by atoms with Crippen molar-refractivity contribution in [1.29, 1.82) is 0 Å². The van der Waals surface area contributed by atoms with Gasteiger partial charge in [0.15, 0.2) is 5.17 Å². The van der Waals surface area contributed by atoms with Gasteiger partial charge in [0.2, 0.25) is 0 Å². The summed E-state index contributed by atoms with van der Waals surface area (Å²) in [4.78, 5) is 4.51. The highest BCUT2D eigenvalue weighted by Crippen LogP contribution is 2.23. The van der Waals surface area contributed by atoms with Crippen molar-refractivity contribution in [3.63, 3.8) is 0 Å². The molecule has 1 heterocycles. The molecular formula is C11H22N2S. The zero-order valence-electron chi connectivity index (χ0n) is 9.55. The first-order valence-electron chi connectivity index (χ1n) is 5.71. The summed E-state index contributed by atoms with van der Waals surface area (Å²) in [6.07, 6.45) is 3.80. The maximum Gasteiger partial charge on any atom is 0.156 e. The lowest BCUT2D eigenvalue weighted by Gasteiger charge is -2.11. The van der Waals surface area contributed by atoms with E-state index in [9.17, 15) is 0 Å². The second kappa shape index (κ2) is 6.33. The molecule has 1 aliphatic heterocycles. The third-order valence-corrected chi connectivity index (χ3v) is 3.84. The molecule has 0 spiro atoms. The first-order valence-corrected chi connectivity index (χ1v) is 6.59. The first-order chi connectivity index (χ1) is 6.76. The quantitative estimate of drug-likeness (QED) is 0.761. The van der Waals surface area contributed by atoms with Gasteiger partial charge in [0, 0.05) is 11.8 Å². The molecule has 0 radical (unpaired) electrons. The van der Waals surface area contributed by atoms with Crippen LogP contribution in [0, 0.1) is 5.92 Å². The summed E-state index contributed by atoms with van der Waals surface area (Å²) in [7, 11) is 0. The Kier molecular flexibility index (Phi) is 5.38. The van der Waals surface area contributed by atoms with Crippen molar-refractivity contribution in [2.24, 2.45) is 10.9 Å². The molecule has 0 saturated carbocycles. The smallest absolute Gasteiger partial charge is 0.156 e. The maximum absolute atomic E-state index is 4.51. The molecule has 82 valence electrons. The molecule has 0 aromatic rings. The molecule has 14 heavy (non-hydrogen) atoms. The highest BCUT2D eigenvalue weighted by Gasteiger charge is 2.18. The summed E-state index contributed by atoms with van der Waals surface area (Å²) in [5.74, 6) is 0.753. The Morgan fingerprint density at radius 2 is 2.36 bits per heavy atom. The Bertz CT molecular complexity index is 192.